The van der Waals surface area contributed by atoms with E-state index in [2.05, 4.69) is 21.6 Å². The lowest BCUT2D eigenvalue weighted by Crippen LogP contribution is -2.41. The highest BCUT2D eigenvalue weighted by atomic mass is 35.5. The average molecular weight is 340 g/mol. The number of hydrogen-bond acceptors (Lipinski definition) is 4. The lowest BCUT2D eigenvalue weighted by atomic mass is 10.0. The number of pyridine rings is 2. The number of fused-ring (bicyclic) bond motifs is 1. The maximum absolute atomic E-state index is 12.4. The molecule has 6 heteroatoms. The molecule has 4 nitrogen and oxygen atoms in total. The van der Waals surface area contributed by atoms with Crippen molar-refractivity contribution in [1.29, 1.82) is 0 Å². The minimum atomic E-state index is -1.15. The van der Waals surface area contributed by atoms with Gasteiger partial charge in [0.2, 0.25) is 0 Å². The highest BCUT2D eigenvalue weighted by molar-refractivity contribution is 7.90. The molecule has 0 saturated heterocycles. The maximum Gasteiger partial charge on any atom is 0.136 e. The zero-order chi connectivity index (χ0) is 16.5. The minimum Gasteiger partial charge on any atom is -0.598 e. The van der Waals surface area contributed by atoms with Crippen LogP contribution in [-0.4, -0.2) is 19.3 Å². The van der Waals surface area contributed by atoms with Crippen molar-refractivity contribution in [1.82, 2.24) is 14.7 Å². The van der Waals surface area contributed by atoms with Gasteiger partial charge < -0.3 is 4.55 Å². The molecule has 2 heterocycles. The number of nitrogens with zero attached hydrogens (tertiary/aromatic N) is 2. The van der Waals surface area contributed by atoms with E-state index in [-0.39, 0.29) is 10.8 Å². The lowest BCUT2D eigenvalue weighted by Gasteiger charge is -2.28. The molecular weight excluding hydrogens is 318 g/mol. The van der Waals surface area contributed by atoms with Crippen LogP contribution in [0.15, 0.2) is 18.5 Å². The Balaban J connectivity index is 2.47. The maximum atomic E-state index is 12.4. The van der Waals surface area contributed by atoms with E-state index in [1.165, 1.54) is 0 Å². The molecule has 0 fully saturated rings. The van der Waals surface area contributed by atoms with E-state index in [1.54, 1.807) is 6.20 Å². The van der Waals surface area contributed by atoms with Gasteiger partial charge in [-0.1, -0.05) is 18.5 Å². The van der Waals surface area contributed by atoms with Crippen molar-refractivity contribution in [2.24, 2.45) is 0 Å². The van der Waals surface area contributed by atoms with Crippen LogP contribution in [0.25, 0.3) is 10.8 Å². The number of aryl methyl sites for hydroxylation is 1. The first-order valence-corrected chi connectivity index (χ1v) is 8.85. The molecule has 2 rings (SSSR count). The fourth-order valence-corrected chi connectivity index (χ4v) is 3.28. The predicted octanol–water partition coefficient (Wildman–Crippen LogP) is 4.09. The summed E-state index contributed by atoms with van der Waals surface area (Å²) in [5.41, 5.74) is 1.92. The van der Waals surface area contributed by atoms with Crippen LogP contribution in [0.2, 0.25) is 5.15 Å². The summed E-state index contributed by atoms with van der Waals surface area (Å²) in [6, 6.07) is 1.81. The Morgan fingerprint density at radius 1 is 1.27 bits per heavy atom. The Hall–Kier alpha value is -0.880. The molecule has 0 aromatic carbocycles. The van der Waals surface area contributed by atoms with Gasteiger partial charge in [0.05, 0.1) is 6.04 Å². The first-order valence-electron chi connectivity index (χ1n) is 7.32. The van der Waals surface area contributed by atoms with Crippen LogP contribution in [0.5, 0.6) is 0 Å². The van der Waals surface area contributed by atoms with Crippen LogP contribution in [0.4, 0.5) is 0 Å². The van der Waals surface area contributed by atoms with Gasteiger partial charge >= 0.3 is 0 Å². The number of rotatable bonds is 4. The Labute approximate surface area is 140 Å². The average Bonchev–Trinajstić information content (AvgIpc) is 2.44. The van der Waals surface area contributed by atoms with Gasteiger partial charge in [0.15, 0.2) is 0 Å². The summed E-state index contributed by atoms with van der Waals surface area (Å²) < 4.78 is 15.3. The molecule has 0 bridgehead atoms. The Kier molecular flexibility index (Phi) is 5.33. The molecule has 0 radical (unpaired) electrons. The van der Waals surface area contributed by atoms with Crippen molar-refractivity contribution >= 4 is 33.7 Å². The summed E-state index contributed by atoms with van der Waals surface area (Å²) in [4.78, 5) is 8.59. The number of hydrogen-bond donors (Lipinski definition) is 1. The SMILES string of the molecule is CCC(N[S+]([O-])C(C)(C)C)c1cnc(C)c2cnc(Cl)cc12. The van der Waals surface area contributed by atoms with E-state index in [4.69, 9.17) is 11.6 Å². The molecule has 0 saturated carbocycles. The van der Waals surface area contributed by atoms with Crippen LogP contribution < -0.4 is 4.72 Å². The van der Waals surface area contributed by atoms with E-state index in [9.17, 15) is 4.55 Å². The van der Waals surface area contributed by atoms with Crippen molar-refractivity contribution < 1.29 is 4.55 Å². The van der Waals surface area contributed by atoms with Gasteiger partial charge in [-0.3, -0.25) is 4.98 Å². The van der Waals surface area contributed by atoms with Gasteiger partial charge in [-0.2, -0.15) is 0 Å². The largest absolute Gasteiger partial charge is 0.598 e. The topological polar surface area (TPSA) is 60.9 Å². The van der Waals surface area contributed by atoms with E-state index in [1.807, 2.05) is 40.0 Å². The van der Waals surface area contributed by atoms with Crippen molar-refractivity contribution in [2.45, 2.75) is 51.8 Å². The normalized spacial score (nSPS) is 15.0. The Morgan fingerprint density at radius 2 is 1.95 bits per heavy atom. The Bertz CT molecular complexity index is 672. The van der Waals surface area contributed by atoms with Gasteiger partial charge in [0, 0.05) is 34.8 Å². The molecule has 2 aromatic rings. The van der Waals surface area contributed by atoms with Crippen LogP contribution in [0.1, 0.15) is 51.4 Å². The van der Waals surface area contributed by atoms with E-state index in [0.717, 1.165) is 28.5 Å². The monoisotopic (exact) mass is 339 g/mol. The third-order valence-corrected chi connectivity index (χ3v) is 5.38. The van der Waals surface area contributed by atoms with Gasteiger partial charge in [0.1, 0.15) is 9.90 Å². The molecule has 0 aliphatic heterocycles. The van der Waals surface area contributed by atoms with Gasteiger partial charge in [0.25, 0.3) is 0 Å². The van der Waals surface area contributed by atoms with Crippen LogP contribution in [-0.2, 0) is 11.4 Å². The highest BCUT2D eigenvalue weighted by Gasteiger charge is 2.30. The van der Waals surface area contributed by atoms with Gasteiger partial charge in [-0.25, -0.2) is 4.98 Å². The first-order chi connectivity index (χ1) is 10.2. The van der Waals surface area contributed by atoms with Gasteiger partial charge in [-0.15, -0.1) is 4.72 Å². The molecule has 2 aromatic heterocycles. The molecule has 0 aliphatic carbocycles. The lowest BCUT2D eigenvalue weighted by molar-refractivity contribution is 0.519. The summed E-state index contributed by atoms with van der Waals surface area (Å²) in [5, 5.41) is 2.44. The molecule has 0 spiro atoms. The van der Waals surface area contributed by atoms with Crippen molar-refractivity contribution in [3.8, 4) is 0 Å². The smallest absolute Gasteiger partial charge is 0.136 e. The summed E-state index contributed by atoms with van der Waals surface area (Å²) in [7, 11) is 0. The fraction of sp³-hybridized carbons (Fsp3) is 0.500. The fourth-order valence-electron chi connectivity index (χ4n) is 2.21. The van der Waals surface area contributed by atoms with Gasteiger partial charge in [-0.05, 0) is 51.1 Å². The minimum absolute atomic E-state index is 0.0471. The second-order valence-electron chi connectivity index (χ2n) is 6.31. The van der Waals surface area contributed by atoms with Crippen LogP contribution >= 0.6 is 11.6 Å². The second kappa shape index (κ2) is 6.71. The molecule has 2 atom stereocenters. The third kappa shape index (κ3) is 3.71. The van der Waals surface area contributed by atoms with Crippen LogP contribution in [0.3, 0.4) is 0 Å². The summed E-state index contributed by atoms with van der Waals surface area (Å²) in [6.45, 7) is 9.87. The third-order valence-electron chi connectivity index (χ3n) is 3.56. The highest BCUT2D eigenvalue weighted by Crippen LogP contribution is 2.30. The predicted molar refractivity (Wildman–Crippen MR) is 93.3 cm³/mol. The molecule has 0 amide bonds. The molecule has 0 aliphatic rings. The van der Waals surface area contributed by atoms with Crippen molar-refractivity contribution in [2.75, 3.05) is 0 Å². The van der Waals surface area contributed by atoms with Crippen LogP contribution in [0, 0.1) is 6.92 Å². The number of aromatic nitrogens is 2. The molecule has 2 unspecified atom stereocenters. The second-order valence-corrected chi connectivity index (χ2v) is 8.70. The van der Waals surface area contributed by atoms with E-state index >= 15 is 0 Å². The zero-order valence-electron chi connectivity index (χ0n) is 13.6. The van der Waals surface area contributed by atoms with Crippen molar-refractivity contribution in [3.05, 3.63) is 34.9 Å². The number of halogens is 1. The molecule has 22 heavy (non-hydrogen) atoms. The molecular formula is C16H22ClN3OS. The summed E-state index contributed by atoms with van der Waals surface area (Å²) >= 11 is 4.91. The summed E-state index contributed by atoms with van der Waals surface area (Å²) in [6.07, 6.45) is 4.40. The first kappa shape index (κ1) is 17.5. The number of nitrogens with one attached hydrogen (secondary N) is 1. The van der Waals surface area contributed by atoms with E-state index < -0.39 is 11.4 Å². The zero-order valence-corrected chi connectivity index (χ0v) is 15.2. The summed E-state index contributed by atoms with van der Waals surface area (Å²) in [5.74, 6) is 0. The van der Waals surface area contributed by atoms with E-state index in [0.29, 0.717) is 5.15 Å². The Morgan fingerprint density at radius 3 is 2.55 bits per heavy atom. The standard InChI is InChI=1S/C16H22ClN3OS/c1-6-14(20-22(21)16(3,4)5)13-9-18-10(2)12-8-19-15(17)7-11(12)13/h7-9,14,20H,6H2,1-5H3. The molecule has 120 valence electrons. The quantitative estimate of drug-likeness (QED) is 0.673. The molecule has 1 N–H and O–H groups in total. The van der Waals surface area contributed by atoms with Crippen molar-refractivity contribution in [3.63, 3.8) is 0 Å².